The molecule has 0 aliphatic carbocycles. The minimum absolute atomic E-state index is 0.0594. The first-order valence-corrected chi connectivity index (χ1v) is 14.7. The Balaban J connectivity index is 1.08. The van der Waals surface area contributed by atoms with Crippen LogP contribution in [0.3, 0.4) is 0 Å². The molecule has 6 heterocycles. The van der Waals surface area contributed by atoms with E-state index in [9.17, 15) is 14.4 Å². The largest absolute Gasteiger partial charge is 0.359 e. The molecule has 0 saturated carbocycles. The molecule has 2 saturated heterocycles. The molecule has 1 aromatic carbocycles. The highest BCUT2D eigenvalue weighted by molar-refractivity contribution is 7.99. The molecule has 14 nitrogen and oxygen atoms in total. The van der Waals surface area contributed by atoms with E-state index >= 15 is 4.39 Å². The van der Waals surface area contributed by atoms with Gasteiger partial charge in [0.15, 0.2) is 5.82 Å². The smallest absolute Gasteiger partial charge is 0.295 e. The average molecular weight is 602 g/mol. The zero-order chi connectivity index (χ0) is 29.5. The van der Waals surface area contributed by atoms with Gasteiger partial charge in [-0.05, 0) is 28.6 Å². The van der Waals surface area contributed by atoms with Crippen LogP contribution in [-0.4, -0.2) is 112 Å². The Hall–Kier alpha value is -5.12. The second-order valence-corrected chi connectivity index (χ2v) is 11.1. The van der Waals surface area contributed by atoms with Gasteiger partial charge in [-0.25, -0.2) is 9.37 Å². The van der Waals surface area contributed by atoms with E-state index in [1.807, 2.05) is 35.2 Å². The molecule has 0 unspecified atom stereocenters. The number of aromatic nitrogens is 8. The zero-order valence-electron chi connectivity index (χ0n) is 22.6. The van der Waals surface area contributed by atoms with Gasteiger partial charge in [0.05, 0.1) is 34.2 Å². The highest BCUT2D eigenvalue weighted by atomic mass is 32.2. The molecule has 2 aliphatic rings. The Morgan fingerprint density at radius 2 is 1.81 bits per heavy atom. The molecule has 0 spiro atoms. The van der Waals surface area contributed by atoms with Crippen molar-refractivity contribution in [2.75, 3.05) is 49.3 Å². The molecule has 2 N–H and O–H groups in total. The van der Waals surface area contributed by atoms with Crippen molar-refractivity contribution in [3.05, 3.63) is 65.9 Å². The van der Waals surface area contributed by atoms with Crippen molar-refractivity contribution in [3.63, 3.8) is 0 Å². The number of rotatable bonds is 6. The molecule has 4 aromatic heterocycles. The minimum atomic E-state index is -0.839. The van der Waals surface area contributed by atoms with Crippen LogP contribution in [-0.2, 0) is 4.79 Å². The normalized spacial score (nSPS) is 15.4. The van der Waals surface area contributed by atoms with Gasteiger partial charge in [0, 0.05) is 44.7 Å². The predicted octanol–water partition coefficient (Wildman–Crippen LogP) is 1.75. The van der Waals surface area contributed by atoms with Crippen molar-refractivity contribution in [1.82, 2.24) is 50.2 Å². The lowest BCUT2D eigenvalue weighted by atomic mass is 10.1. The van der Waals surface area contributed by atoms with Crippen LogP contribution in [0.4, 0.5) is 10.3 Å². The van der Waals surface area contributed by atoms with Gasteiger partial charge in [0.2, 0.25) is 5.95 Å². The summed E-state index contributed by atoms with van der Waals surface area (Å²) in [5.74, 6) is -0.516. The third kappa shape index (κ3) is 4.78. The lowest BCUT2D eigenvalue weighted by Gasteiger charge is -2.34. The lowest BCUT2D eigenvalue weighted by molar-refractivity contribution is -0.126. The highest BCUT2D eigenvalue weighted by Gasteiger charge is 2.32. The molecular weight excluding hydrogens is 577 g/mol. The number of amides is 2. The van der Waals surface area contributed by atoms with E-state index in [-0.39, 0.29) is 46.9 Å². The third-order valence-corrected chi connectivity index (χ3v) is 8.46. The number of ketones is 1. The Morgan fingerprint density at radius 3 is 2.58 bits per heavy atom. The Kier molecular flexibility index (Phi) is 6.81. The first kappa shape index (κ1) is 26.8. The van der Waals surface area contributed by atoms with Gasteiger partial charge >= 0.3 is 0 Å². The van der Waals surface area contributed by atoms with Crippen LogP contribution in [0.15, 0.2) is 48.8 Å². The summed E-state index contributed by atoms with van der Waals surface area (Å²) in [6.07, 6.45) is 2.29. The fourth-order valence-electron chi connectivity index (χ4n) is 5.26. The number of fused-ring (bicyclic) bond motifs is 1. The second-order valence-electron chi connectivity index (χ2n) is 10.0. The van der Waals surface area contributed by atoms with E-state index in [0.29, 0.717) is 37.2 Å². The molecule has 7 rings (SSSR count). The highest BCUT2D eigenvalue weighted by Crippen LogP contribution is 2.30. The number of hydrogen-bond acceptors (Lipinski definition) is 10. The maximum atomic E-state index is 15.1. The third-order valence-electron chi connectivity index (χ3n) is 7.50. The summed E-state index contributed by atoms with van der Waals surface area (Å²) in [6.45, 7) is 1.96. The molecule has 5 aromatic rings. The molecule has 43 heavy (non-hydrogen) atoms. The number of pyridine rings is 1. The quantitative estimate of drug-likeness (QED) is 0.217. The summed E-state index contributed by atoms with van der Waals surface area (Å²) in [7, 11) is 0. The van der Waals surface area contributed by atoms with E-state index in [0.717, 1.165) is 17.6 Å². The van der Waals surface area contributed by atoms with E-state index in [4.69, 9.17) is 0 Å². The molecule has 218 valence electrons. The number of aromatic amines is 2. The fraction of sp³-hybridized carbons (Fsp3) is 0.259. The molecule has 0 radical (unpaired) electrons. The number of anilines is 1. The number of tetrazole rings is 1. The topological polar surface area (TPSA) is 162 Å². The molecule has 0 bridgehead atoms. The average Bonchev–Trinajstić information content (AvgIpc) is 3.87. The maximum Gasteiger partial charge on any atom is 0.295 e. The van der Waals surface area contributed by atoms with Crippen LogP contribution in [0.1, 0.15) is 20.8 Å². The van der Waals surface area contributed by atoms with Gasteiger partial charge in [0.25, 0.3) is 17.6 Å². The number of hydrogen-bond donors (Lipinski definition) is 2. The number of H-pyrrole nitrogens is 2. The maximum absolute atomic E-state index is 15.1. The Bertz CT molecular complexity index is 1840. The van der Waals surface area contributed by atoms with Crippen molar-refractivity contribution in [3.8, 4) is 17.1 Å². The SMILES string of the molecule is O=C(C(=O)N1CCN(c2nnnn2-c2ccccc2)CC1)c1c[nH]c2c(-c3cc(C(=O)N4CCSC4)[nH]n3)ncc(F)c12. The number of piperazine rings is 1. The van der Waals surface area contributed by atoms with Gasteiger partial charge < -0.3 is 19.7 Å². The van der Waals surface area contributed by atoms with Crippen LogP contribution in [0.25, 0.3) is 28.0 Å². The van der Waals surface area contributed by atoms with E-state index in [1.165, 1.54) is 11.1 Å². The number of benzene rings is 1. The summed E-state index contributed by atoms with van der Waals surface area (Å²) < 4.78 is 16.7. The van der Waals surface area contributed by atoms with Crippen molar-refractivity contribution < 1.29 is 18.8 Å². The number of para-hydroxylation sites is 1. The van der Waals surface area contributed by atoms with Gasteiger partial charge in [-0.3, -0.25) is 19.5 Å². The number of nitrogens with zero attached hydrogens (tertiary/aromatic N) is 9. The summed E-state index contributed by atoms with van der Waals surface area (Å²) in [5.41, 5.74) is 1.75. The first-order valence-electron chi connectivity index (χ1n) is 13.5. The lowest BCUT2D eigenvalue weighted by Crippen LogP contribution is -2.51. The van der Waals surface area contributed by atoms with E-state index < -0.39 is 17.5 Å². The van der Waals surface area contributed by atoms with Gasteiger partial charge in [-0.1, -0.05) is 23.3 Å². The number of halogens is 1. The van der Waals surface area contributed by atoms with Crippen molar-refractivity contribution in [2.24, 2.45) is 0 Å². The van der Waals surface area contributed by atoms with Crippen molar-refractivity contribution in [1.29, 1.82) is 0 Å². The van der Waals surface area contributed by atoms with Crippen LogP contribution in [0, 0.1) is 5.82 Å². The van der Waals surface area contributed by atoms with E-state index in [1.54, 1.807) is 27.4 Å². The van der Waals surface area contributed by atoms with Crippen LogP contribution >= 0.6 is 11.8 Å². The van der Waals surface area contributed by atoms with Crippen LogP contribution in [0.2, 0.25) is 0 Å². The molecule has 2 amide bonds. The second kappa shape index (κ2) is 10.9. The monoisotopic (exact) mass is 601 g/mol. The predicted molar refractivity (Wildman–Crippen MR) is 154 cm³/mol. The number of carbonyl (C=O) groups is 3. The van der Waals surface area contributed by atoms with Crippen molar-refractivity contribution >= 4 is 46.2 Å². The van der Waals surface area contributed by atoms with Crippen LogP contribution in [0.5, 0.6) is 0 Å². The minimum Gasteiger partial charge on any atom is -0.359 e. The van der Waals surface area contributed by atoms with Crippen molar-refractivity contribution in [2.45, 2.75) is 0 Å². The van der Waals surface area contributed by atoms with Crippen LogP contribution < -0.4 is 4.90 Å². The van der Waals surface area contributed by atoms with Gasteiger partial charge in [-0.2, -0.15) is 9.78 Å². The standard InChI is InChI=1S/C27H24FN11O3S/c28-18-14-30-22(19-12-20(32-31-19)25(41)38-10-11-43-15-38)23-21(18)17(13-29-23)24(40)26(42)36-6-8-37(9-7-36)27-33-34-35-39(27)16-4-2-1-3-5-16/h1-5,12-14,29H,6-11,15H2,(H,31,32). The first-order chi connectivity index (χ1) is 21.0. The molecule has 2 aliphatic heterocycles. The zero-order valence-corrected chi connectivity index (χ0v) is 23.4. The molecule has 16 heteroatoms. The van der Waals surface area contributed by atoms with Gasteiger partial charge in [-0.15, -0.1) is 11.8 Å². The van der Waals surface area contributed by atoms with Gasteiger partial charge in [0.1, 0.15) is 17.1 Å². The Labute approximate surface area is 247 Å². The summed E-state index contributed by atoms with van der Waals surface area (Å²) in [4.78, 5) is 51.6. The summed E-state index contributed by atoms with van der Waals surface area (Å²) in [5, 5.41) is 18.9. The summed E-state index contributed by atoms with van der Waals surface area (Å²) in [6, 6.07) is 11.0. The molecule has 2 fully saturated rings. The Morgan fingerprint density at radius 1 is 1.00 bits per heavy atom. The fourth-order valence-corrected chi connectivity index (χ4v) is 6.21. The number of nitrogens with one attached hydrogen (secondary N) is 2. The number of Topliss-reactive ketones (excluding diaryl/α,β-unsaturated/α-hetero) is 1. The molecule has 0 atom stereocenters. The number of carbonyl (C=O) groups excluding carboxylic acids is 3. The summed E-state index contributed by atoms with van der Waals surface area (Å²) >= 11 is 1.67. The van der Waals surface area contributed by atoms with E-state index in [2.05, 4.69) is 35.7 Å². The molecular formula is C27H24FN11O3S. The number of thioether (sulfide) groups is 1.